The van der Waals surface area contributed by atoms with Crippen LogP contribution in [0.2, 0.25) is 0 Å². The molecule has 1 aliphatic heterocycles. The van der Waals surface area contributed by atoms with Crippen molar-refractivity contribution >= 4 is 25.3 Å². The quantitative estimate of drug-likeness (QED) is 0.268. The van der Waals surface area contributed by atoms with Crippen LogP contribution in [0.15, 0.2) is 28.5 Å². The van der Waals surface area contributed by atoms with Crippen molar-refractivity contribution in [2.24, 2.45) is 4.99 Å². The van der Waals surface area contributed by atoms with Gasteiger partial charge in [-0.2, -0.15) is 0 Å². The first-order valence-electron chi connectivity index (χ1n) is 5.79. The molecular weight excluding hydrogens is 383 g/mol. The van der Waals surface area contributed by atoms with E-state index in [4.69, 9.17) is 14.9 Å². The fourth-order valence-corrected chi connectivity index (χ4v) is 1.66. The van der Waals surface area contributed by atoms with Gasteiger partial charge in [0.1, 0.15) is 6.04 Å². The summed E-state index contributed by atoms with van der Waals surface area (Å²) in [4.78, 5) is 43.8. The van der Waals surface area contributed by atoms with Crippen LogP contribution in [0.4, 0.5) is 0 Å². The van der Waals surface area contributed by atoms with Crippen LogP contribution in [0.3, 0.4) is 0 Å². The number of carboxylic acids is 1. The number of phosphoric ester groups is 1. The zero-order valence-electron chi connectivity index (χ0n) is 12.1. The Morgan fingerprint density at radius 3 is 2.57 bits per heavy atom. The molecule has 1 rings (SSSR count). The second-order valence-electron chi connectivity index (χ2n) is 4.25. The van der Waals surface area contributed by atoms with Gasteiger partial charge in [-0.25, -0.2) is 4.57 Å². The van der Waals surface area contributed by atoms with Crippen LogP contribution in [-0.2, 0) is 35.7 Å². The SMILES string of the molecule is CC1=NC=C(COP(=O)(O)O)C(=CNC(C)C(=O)O)C1=O.[Cu].[OH-]. The van der Waals surface area contributed by atoms with Gasteiger partial charge >= 0.3 is 13.8 Å². The first-order chi connectivity index (χ1) is 9.61. The number of carbonyl (C=O) groups is 2. The Hall–Kier alpha value is -1.32. The molecule has 10 nitrogen and oxygen atoms in total. The summed E-state index contributed by atoms with van der Waals surface area (Å²) in [5.41, 5.74) is 0.356. The van der Waals surface area contributed by atoms with E-state index in [2.05, 4.69) is 14.8 Å². The molecule has 12 heteroatoms. The summed E-state index contributed by atoms with van der Waals surface area (Å²) < 4.78 is 15.0. The van der Waals surface area contributed by atoms with Crippen LogP contribution in [0.1, 0.15) is 13.8 Å². The summed E-state index contributed by atoms with van der Waals surface area (Å²) in [5, 5.41) is 11.3. The van der Waals surface area contributed by atoms with E-state index in [9.17, 15) is 14.2 Å². The normalized spacial score (nSPS) is 17.4. The van der Waals surface area contributed by atoms with Crippen LogP contribution in [0.25, 0.3) is 0 Å². The third-order valence-corrected chi connectivity index (χ3v) is 3.03. The smallest absolute Gasteiger partial charge is 0.469 e. The molecule has 0 aromatic carbocycles. The standard InChI is InChI=1S/C11H15N2O7P.Cu.H2O/c1-6-10(14)9(4-13-7(2)11(15)16)8(3-12-6)5-20-21(17,18)19;;/h3-4,7,13H,5H2,1-2H3,(H,15,16)(H2,17,18,19);;1H2/p-1. The molecule has 1 radical (unpaired) electrons. The predicted molar refractivity (Wildman–Crippen MR) is 74.4 cm³/mol. The molecule has 0 spiro atoms. The van der Waals surface area contributed by atoms with Crippen LogP contribution < -0.4 is 5.32 Å². The van der Waals surface area contributed by atoms with Crippen molar-refractivity contribution in [1.29, 1.82) is 0 Å². The maximum absolute atomic E-state index is 12.0. The Morgan fingerprint density at radius 1 is 1.52 bits per heavy atom. The first kappa shape index (κ1) is 23.9. The van der Waals surface area contributed by atoms with E-state index in [-0.39, 0.29) is 39.4 Å². The Morgan fingerprint density at radius 2 is 2.09 bits per heavy atom. The first-order valence-corrected chi connectivity index (χ1v) is 7.32. The molecule has 0 aromatic rings. The largest absolute Gasteiger partial charge is 0.870 e. The predicted octanol–water partition coefficient (Wildman–Crippen LogP) is -0.210. The number of carboxylic acid groups (broad SMARTS) is 1. The van der Waals surface area contributed by atoms with Gasteiger partial charge in [-0.3, -0.25) is 19.1 Å². The van der Waals surface area contributed by atoms with Gasteiger partial charge in [-0.05, 0) is 13.8 Å². The number of hydrogen-bond acceptors (Lipinski definition) is 7. The van der Waals surface area contributed by atoms with E-state index in [1.165, 1.54) is 26.2 Å². The molecule has 23 heavy (non-hydrogen) atoms. The van der Waals surface area contributed by atoms with E-state index in [1.807, 2.05) is 0 Å². The van der Waals surface area contributed by atoms with Gasteiger partial charge in [0.05, 0.1) is 12.3 Å². The van der Waals surface area contributed by atoms with Crippen LogP contribution >= 0.6 is 7.82 Å². The van der Waals surface area contributed by atoms with Crippen molar-refractivity contribution in [3.63, 3.8) is 0 Å². The van der Waals surface area contributed by atoms with Crippen LogP contribution in [-0.4, -0.2) is 50.5 Å². The number of hydrogen-bond donors (Lipinski definition) is 4. The molecule has 0 amide bonds. The zero-order chi connectivity index (χ0) is 16.2. The van der Waals surface area contributed by atoms with Crippen molar-refractivity contribution < 1.29 is 56.1 Å². The summed E-state index contributed by atoms with van der Waals surface area (Å²) in [7, 11) is -4.69. The van der Waals surface area contributed by atoms with Crippen molar-refractivity contribution in [3.05, 3.63) is 23.5 Å². The van der Waals surface area contributed by atoms with Crippen LogP contribution in [0, 0.1) is 0 Å². The Kier molecular flexibility index (Phi) is 10.1. The number of aliphatic imine (C=N–C) groups is 1. The molecule has 1 atom stereocenters. The molecule has 0 saturated carbocycles. The Bertz CT molecular complexity index is 595. The molecular formula is C11H16CuN2O8P-. The second kappa shape index (κ2) is 9.74. The van der Waals surface area contributed by atoms with Gasteiger partial charge in [0.15, 0.2) is 0 Å². The van der Waals surface area contributed by atoms with E-state index in [1.54, 1.807) is 0 Å². The van der Waals surface area contributed by atoms with Gasteiger partial charge < -0.3 is 25.7 Å². The summed E-state index contributed by atoms with van der Waals surface area (Å²) in [5.74, 6) is -1.59. The van der Waals surface area contributed by atoms with Crippen molar-refractivity contribution in [2.45, 2.75) is 19.9 Å². The third kappa shape index (κ3) is 7.67. The van der Waals surface area contributed by atoms with Crippen molar-refractivity contribution in [3.8, 4) is 0 Å². The molecule has 0 fully saturated rings. The molecule has 0 saturated heterocycles. The molecule has 0 aromatic heterocycles. The molecule has 135 valence electrons. The fraction of sp³-hybridized carbons (Fsp3) is 0.364. The van der Waals surface area contributed by atoms with E-state index < -0.39 is 32.2 Å². The number of nitrogens with zero attached hydrogens (tertiary/aromatic N) is 1. The molecule has 1 aliphatic rings. The van der Waals surface area contributed by atoms with Crippen molar-refractivity contribution in [2.75, 3.05) is 6.61 Å². The minimum Gasteiger partial charge on any atom is -0.870 e. The third-order valence-electron chi connectivity index (χ3n) is 2.57. The average molecular weight is 399 g/mol. The Labute approximate surface area is 142 Å². The number of rotatable bonds is 6. The summed E-state index contributed by atoms with van der Waals surface area (Å²) >= 11 is 0. The molecule has 1 heterocycles. The summed E-state index contributed by atoms with van der Waals surface area (Å²) in [6.07, 6.45) is 2.42. The second-order valence-corrected chi connectivity index (χ2v) is 5.49. The summed E-state index contributed by atoms with van der Waals surface area (Å²) in [6.45, 7) is 2.32. The molecule has 1 unspecified atom stereocenters. The van der Waals surface area contributed by atoms with Gasteiger partial charge in [0, 0.05) is 40.6 Å². The molecule has 5 N–H and O–H groups in total. The fourth-order valence-electron chi connectivity index (χ4n) is 1.35. The number of ketones is 1. The maximum atomic E-state index is 12.0. The number of Topliss-reactive ketones (excluding diaryl/α,β-unsaturated/α-hetero) is 1. The minimum absolute atomic E-state index is 0. The van der Waals surface area contributed by atoms with Crippen LogP contribution in [0.5, 0.6) is 0 Å². The molecule has 0 aliphatic carbocycles. The van der Waals surface area contributed by atoms with Gasteiger partial charge in [0.25, 0.3) is 0 Å². The topological polar surface area (TPSA) is 176 Å². The number of aliphatic carboxylic acids is 1. The number of nitrogens with one attached hydrogen (secondary N) is 1. The number of carbonyl (C=O) groups excluding carboxylic acids is 1. The van der Waals surface area contributed by atoms with E-state index in [0.29, 0.717) is 0 Å². The van der Waals surface area contributed by atoms with Gasteiger partial charge in [-0.15, -0.1) is 0 Å². The number of phosphoric acid groups is 1. The maximum Gasteiger partial charge on any atom is 0.469 e. The zero-order valence-corrected chi connectivity index (χ0v) is 13.9. The van der Waals surface area contributed by atoms with Gasteiger partial charge in [-0.1, -0.05) is 0 Å². The van der Waals surface area contributed by atoms with E-state index >= 15 is 0 Å². The average Bonchev–Trinajstić information content (AvgIpc) is 2.37. The monoisotopic (exact) mass is 398 g/mol. The summed E-state index contributed by atoms with van der Waals surface area (Å²) in [6, 6.07) is -0.937. The minimum atomic E-state index is -4.69. The van der Waals surface area contributed by atoms with Gasteiger partial charge in [0.2, 0.25) is 5.78 Å². The molecule has 0 bridgehead atoms. The van der Waals surface area contributed by atoms with Crippen molar-refractivity contribution in [1.82, 2.24) is 5.32 Å². The van der Waals surface area contributed by atoms with E-state index in [0.717, 1.165) is 0 Å². The Balaban J connectivity index is 0.